The number of amides is 1. The fourth-order valence-corrected chi connectivity index (χ4v) is 4.71. The summed E-state index contributed by atoms with van der Waals surface area (Å²) in [5, 5.41) is 18.7. The number of benzene rings is 1. The molecule has 1 aromatic carbocycles. The van der Waals surface area contributed by atoms with E-state index in [0.29, 0.717) is 29.9 Å². The number of hydrogen-bond donors (Lipinski definition) is 2. The number of carbonyl (C=O) groups is 2. The smallest absolute Gasteiger partial charge is 0.343 e. The number of rotatable bonds is 7. The number of aliphatic hydroxyl groups is 1. The summed E-state index contributed by atoms with van der Waals surface area (Å²) in [4.78, 5) is 47.4. The molecule has 4 heterocycles. The molecule has 186 valence electrons. The van der Waals surface area contributed by atoms with Gasteiger partial charge in [-0.3, -0.25) is 9.59 Å². The first-order chi connectivity index (χ1) is 17.4. The quantitative estimate of drug-likeness (QED) is 0.175. The molecule has 0 saturated heterocycles. The second-order valence-corrected chi connectivity index (χ2v) is 8.74. The molecule has 2 aliphatic heterocycles. The second-order valence-electron chi connectivity index (χ2n) is 8.74. The molecular weight excluding hydrogens is 464 g/mol. The molecule has 0 radical (unpaired) electrons. The summed E-state index contributed by atoms with van der Waals surface area (Å²) in [5.41, 5.74) is 1.70. The van der Waals surface area contributed by atoms with E-state index in [1.165, 1.54) is 0 Å². The van der Waals surface area contributed by atoms with Crippen molar-refractivity contribution in [1.82, 2.24) is 14.9 Å². The van der Waals surface area contributed by atoms with Crippen LogP contribution in [0, 0.1) is 0 Å². The topological polar surface area (TPSA) is 132 Å². The van der Waals surface area contributed by atoms with Crippen molar-refractivity contribution in [3.8, 4) is 11.4 Å². The van der Waals surface area contributed by atoms with Crippen LogP contribution in [0.4, 0.5) is 0 Å². The summed E-state index contributed by atoms with van der Waals surface area (Å²) in [7, 11) is 0. The van der Waals surface area contributed by atoms with Gasteiger partial charge in [0.2, 0.25) is 5.91 Å². The van der Waals surface area contributed by atoms with Crippen LogP contribution in [-0.4, -0.2) is 45.9 Å². The van der Waals surface area contributed by atoms with E-state index in [1.807, 2.05) is 24.3 Å². The molecule has 2 N–H and O–H groups in total. The van der Waals surface area contributed by atoms with Gasteiger partial charge in [0.05, 0.1) is 41.8 Å². The van der Waals surface area contributed by atoms with E-state index in [4.69, 9.17) is 14.6 Å². The standard InChI is InChI=1S/C26H26N4O6/c1-3-22(31)27-9-10-36-28-12-16-15-7-5-6-8-20(15)29-23-17(16)13-30-21(23)11-19-18(24(30)32)14-35-25(33)26(19,34)4-2/h5-8,11-12,34H,3-4,9-10,13-14H2,1-2H3,(H,27,31)/b28-12-/t26-/m0/s1. The SMILES string of the molecule is CCC(=O)NCCO/N=C\c1c2c(nc3ccccc13)-c1cc3c(c(=O)n1C2)COC(=O)[C@]3(O)CC. The van der Waals surface area contributed by atoms with Crippen molar-refractivity contribution < 1.29 is 24.3 Å². The third kappa shape index (κ3) is 3.74. The highest BCUT2D eigenvalue weighted by Gasteiger charge is 2.45. The van der Waals surface area contributed by atoms with Gasteiger partial charge in [-0.25, -0.2) is 9.78 Å². The summed E-state index contributed by atoms with van der Waals surface area (Å²) >= 11 is 0. The lowest BCUT2D eigenvalue weighted by Crippen LogP contribution is -2.44. The Morgan fingerprint density at radius 1 is 1.31 bits per heavy atom. The first-order valence-electron chi connectivity index (χ1n) is 11.9. The average Bonchev–Trinajstić information content (AvgIpc) is 3.26. The largest absolute Gasteiger partial charge is 0.458 e. The molecule has 1 atom stereocenters. The Labute approximate surface area is 206 Å². The molecule has 0 saturated carbocycles. The van der Waals surface area contributed by atoms with Crippen LogP contribution < -0.4 is 10.9 Å². The van der Waals surface area contributed by atoms with Crippen LogP contribution in [0.3, 0.4) is 0 Å². The minimum absolute atomic E-state index is 0.0616. The molecule has 36 heavy (non-hydrogen) atoms. The maximum atomic E-state index is 13.4. The molecule has 10 nitrogen and oxygen atoms in total. The first-order valence-corrected chi connectivity index (χ1v) is 11.9. The van der Waals surface area contributed by atoms with Gasteiger partial charge >= 0.3 is 5.97 Å². The minimum atomic E-state index is -1.88. The van der Waals surface area contributed by atoms with Gasteiger partial charge < -0.3 is 24.6 Å². The zero-order valence-corrected chi connectivity index (χ0v) is 20.0. The van der Waals surface area contributed by atoms with Crippen LogP contribution in [0.2, 0.25) is 0 Å². The van der Waals surface area contributed by atoms with Crippen molar-refractivity contribution in [3.63, 3.8) is 0 Å². The lowest BCUT2D eigenvalue weighted by Gasteiger charge is -2.31. The Bertz CT molecular complexity index is 1480. The number of esters is 1. The molecular formula is C26H26N4O6. The lowest BCUT2D eigenvalue weighted by molar-refractivity contribution is -0.172. The minimum Gasteiger partial charge on any atom is -0.458 e. The van der Waals surface area contributed by atoms with Crippen LogP contribution >= 0.6 is 0 Å². The number of nitrogens with one attached hydrogen (secondary N) is 1. The fraction of sp³-hybridized carbons (Fsp3) is 0.346. The zero-order valence-electron chi connectivity index (χ0n) is 20.0. The normalized spacial score (nSPS) is 18.0. The molecule has 10 heteroatoms. The van der Waals surface area contributed by atoms with E-state index in [2.05, 4.69) is 10.5 Å². The van der Waals surface area contributed by atoms with Crippen molar-refractivity contribution in [2.24, 2.45) is 5.16 Å². The highest BCUT2D eigenvalue weighted by Crippen LogP contribution is 2.39. The highest BCUT2D eigenvalue weighted by atomic mass is 16.6. The number of oxime groups is 1. The maximum Gasteiger partial charge on any atom is 0.343 e. The average molecular weight is 491 g/mol. The Hall–Kier alpha value is -4.05. The van der Waals surface area contributed by atoms with Crippen molar-refractivity contribution >= 4 is 29.0 Å². The summed E-state index contributed by atoms with van der Waals surface area (Å²) in [6.45, 7) is 4.06. The third-order valence-corrected chi connectivity index (χ3v) is 6.73. The number of para-hydroxylation sites is 1. The van der Waals surface area contributed by atoms with Crippen molar-refractivity contribution in [3.05, 3.63) is 62.9 Å². The van der Waals surface area contributed by atoms with Gasteiger partial charge in [-0.15, -0.1) is 0 Å². The number of aromatic nitrogens is 2. The molecule has 0 aliphatic carbocycles. The van der Waals surface area contributed by atoms with Gasteiger partial charge in [0.15, 0.2) is 5.60 Å². The van der Waals surface area contributed by atoms with Crippen LogP contribution in [0.15, 0.2) is 40.3 Å². The molecule has 0 bridgehead atoms. The molecule has 2 aromatic heterocycles. The van der Waals surface area contributed by atoms with Crippen LogP contribution in [0.1, 0.15) is 48.9 Å². The second kappa shape index (κ2) is 9.19. The van der Waals surface area contributed by atoms with E-state index in [1.54, 1.807) is 30.7 Å². The molecule has 0 unspecified atom stereocenters. The van der Waals surface area contributed by atoms with E-state index in [9.17, 15) is 19.5 Å². The van der Waals surface area contributed by atoms with Gasteiger partial charge in [-0.05, 0) is 18.6 Å². The van der Waals surface area contributed by atoms with E-state index in [-0.39, 0.29) is 48.8 Å². The Kier molecular flexibility index (Phi) is 6.05. The lowest BCUT2D eigenvalue weighted by atomic mass is 9.86. The van der Waals surface area contributed by atoms with Crippen LogP contribution in [-0.2, 0) is 37.9 Å². The molecule has 3 aromatic rings. The van der Waals surface area contributed by atoms with Gasteiger partial charge in [-0.1, -0.05) is 37.2 Å². The number of pyridine rings is 2. The van der Waals surface area contributed by atoms with E-state index < -0.39 is 11.6 Å². The maximum absolute atomic E-state index is 13.4. The molecule has 0 spiro atoms. The molecule has 1 amide bonds. The monoisotopic (exact) mass is 490 g/mol. The van der Waals surface area contributed by atoms with Gasteiger partial charge in [0.1, 0.15) is 13.2 Å². The fourth-order valence-electron chi connectivity index (χ4n) is 4.71. The number of fused-ring (bicyclic) bond motifs is 5. The number of ether oxygens (including phenoxy) is 1. The Morgan fingerprint density at radius 3 is 2.89 bits per heavy atom. The molecule has 0 fully saturated rings. The number of cyclic esters (lactones) is 1. The molecule has 5 rings (SSSR count). The Morgan fingerprint density at radius 2 is 2.11 bits per heavy atom. The summed E-state index contributed by atoms with van der Waals surface area (Å²) in [6.07, 6.45) is 2.07. The first kappa shape index (κ1) is 23.7. The van der Waals surface area contributed by atoms with Crippen LogP contribution in [0.5, 0.6) is 0 Å². The van der Waals surface area contributed by atoms with Crippen molar-refractivity contribution in [2.45, 2.75) is 45.4 Å². The van der Waals surface area contributed by atoms with Crippen molar-refractivity contribution in [2.75, 3.05) is 13.2 Å². The van der Waals surface area contributed by atoms with Gasteiger partial charge in [0, 0.05) is 28.5 Å². The third-order valence-electron chi connectivity index (χ3n) is 6.73. The summed E-state index contributed by atoms with van der Waals surface area (Å²) < 4.78 is 6.73. The zero-order chi connectivity index (χ0) is 25.4. The van der Waals surface area contributed by atoms with Gasteiger partial charge in [0.25, 0.3) is 5.56 Å². The number of carbonyl (C=O) groups excluding carboxylic acids is 2. The van der Waals surface area contributed by atoms with Crippen LogP contribution in [0.25, 0.3) is 22.3 Å². The summed E-state index contributed by atoms with van der Waals surface area (Å²) in [5.74, 6) is -0.819. The van der Waals surface area contributed by atoms with Crippen molar-refractivity contribution in [1.29, 1.82) is 0 Å². The van der Waals surface area contributed by atoms with E-state index in [0.717, 1.165) is 16.5 Å². The number of nitrogens with zero attached hydrogens (tertiary/aromatic N) is 3. The van der Waals surface area contributed by atoms with Gasteiger partial charge in [-0.2, -0.15) is 0 Å². The predicted molar refractivity (Wildman–Crippen MR) is 131 cm³/mol. The molecule has 2 aliphatic rings. The summed E-state index contributed by atoms with van der Waals surface area (Å²) in [6, 6.07) is 9.24. The Balaban J connectivity index is 1.57. The highest BCUT2D eigenvalue weighted by molar-refractivity contribution is 6.02. The van der Waals surface area contributed by atoms with E-state index >= 15 is 0 Å². The number of hydrogen-bond acceptors (Lipinski definition) is 8. The predicted octanol–water partition coefficient (Wildman–Crippen LogP) is 1.96.